The predicted molar refractivity (Wildman–Crippen MR) is 179 cm³/mol. The Hall–Kier alpha value is -3.06. The van der Waals surface area contributed by atoms with Crippen LogP contribution in [0.1, 0.15) is 0 Å². The molecule has 3 aliphatic heterocycles. The number of nitriles is 4. The van der Waals surface area contributed by atoms with Crippen LogP contribution in [-0.2, 0) is 0 Å². The molecule has 0 bridgehead atoms. The summed E-state index contributed by atoms with van der Waals surface area (Å²) in [6.45, 7) is 0. The van der Waals surface area contributed by atoms with Gasteiger partial charge in [0, 0.05) is 0 Å². The first-order chi connectivity index (χ1) is 19.7. The summed E-state index contributed by atoms with van der Waals surface area (Å²) in [5.74, 6) is 0. The molecule has 0 atom stereocenters. The van der Waals surface area contributed by atoms with Crippen LogP contribution in [0.5, 0.6) is 0 Å². The highest BCUT2D eigenvalue weighted by Crippen LogP contribution is 2.49. The SMILES string of the molecule is N#CC1=C(C#N)SC(=C/C=C/C=C/C=C/C=C/C2SC(/C=C/C=C/C=C/C=C/C=C3SC(C#N)=C(C#N)S3)S2)S1. The van der Waals surface area contributed by atoms with E-state index >= 15 is 0 Å². The van der Waals surface area contributed by atoms with Crippen LogP contribution >= 0.6 is 70.6 Å². The Morgan fingerprint density at radius 1 is 0.400 bits per heavy atom. The van der Waals surface area contributed by atoms with Gasteiger partial charge in [-0.15, -0.1) is 23.5 Å². The molecule has 196 valence electrons. The lowest BCUT2D eigenvalue weighted by molar-refractivity contribution is 1.48. The molecule has 10 heteroatoms. The molecule has 0 aromatic rings. The van der Waals surface area contributed by atoms with Gasteiger partial charge in [0.2, 0.25) is 0 Å². The van der Waals surface area contributed by atoms with E-state index in [0.29, 0.717) is 28.8 Å². The van der Waals surface area contributed by atoms with Crippen molar-refractivity contribution < 1.29 is 0 Å². The molecule has 4 nitrogen and oxygen atoms in total. The van der Waals surface area contributed by atoms with Crippen molar-refractivity contribution in [2.75, 3.05) is 0 Å². The van der Waals surface area contributed by atoms with Gasteiger partial charge in [-0.2, -0.15) is 21.0 Å². The fourth-order valence-corrected chi connectivity index (χ4v) is 9.07. The van der Waals surface area contributed by atoms with E-state index in [1.54, 1.807) is 0 Å². The van der Waals surface area contributed by atoms with Gasteiger partial charge in [0.25, 0.3) is 0 Å². The molecule has 3 heterocycles. The van der Waals surface area contributed by atoms with Gasteiger partial charge in [0.05, 0.1) is 17.6 Å². The molecule has 0 radical (unpaired) electrons. The van der Waals surface area contributed by atoms with Crippen LogP contribution in [-0.4, -0.2) is 9.16 Å². The number of thioether (sulfide) groups is 6. The third-order valence-electron chi connectivity index (χ3n) is 4.50. The molecular weight excluding hydrogens is 609 g/mol. The smallest absolute Gasteiger partial charge is 0.115 e. The maximum Gasteiger partial charge on any atom is 0.115 e. The molecule has 1 fully saturated rings. The fourth-order valence-electron chi connectivity index (χ4n) is 2.74. The van der Waals surface area contributed by atoms with Crippen molar-refractivity contribution in [2.45, 2.75) is 9.16 Å². The van der Waals surface area contributed by atoms with E-state index in [2.05, 4.69) is 48.6 Å². The van der Waals surface area contributed by atoms with Crippen LogP contribution < -0.4 is 0 Å². The Morgan fingerprint density at radius 3 is 0.975 bits per heavy atom. The molecule has 1 saturated heterocycles. The van der Waals surface area contributed by atoms with E-state index in [0.717, 1.165) is 8.47 Å². The summed E-state index contributed by atoms with van der Waals surface area (Å²) >= 11 is 9.14. The number of rotatable bonds is 10. The molecule has 0 amide bonds. The molecule has 0 aromatic carbocycles. The first-order valence-electron chi connectivity index (χ1n) is 11.5. The van der Waals surface area contributed by atoms with E-state index in [9.17, 15) is 0 Å². The molecule has 3 rings (SSSR count). The largest absolute Gasteiger partial charge is 0.192 e. The van der Waals surface area contributed by atoms with E-state index in [1.165, 1.54) is 47.0 Å². The maximum absolute atomic E-state index is 9.00. The van der Waals surface area contributed by atoms with Crippen LogP contribution in [0.25, 0.3) is 0 Å². The normalized spacial score (nSPS) is 21.7. The van der Waals surface area contributed by atoms with E-state index in [-0.39, 0.29) is 0 Å². The minimum absolute atomic E-state index is 0.462. The molecule has 0 aliphatic carbocycles. The first kappa shape index (κ1) is 31.5. The maximum atomic E-state index is 9.00. The van der Waals surface area contributed by atoms with E-state index in [1.807, 2.05) is 109 Å². The quantitative estimate of drug-likeness (QED) is 0.218. The monoisotopic (exact) mass is 628 g/mol. The van der Waals surface area contributed by atoms with E-state index in [4.69, 9.17) is 21.0 Å². The summed E-state index contributed by atoms with van der Waals surface area (Å²) in [6.07, 6.45) is 35.7. The van der Waals surface area contributed by atoms with Gasteiger partial charge in [-0.3, -0.25) is 0 Å². The molecule has 0 aromatic heterocycles. The molecule has 0 N–H and O–H groups in total. The zero-order chi connectivity index (χ0) is 28.4. The second-order valence-electron chi connectivity index (χ2n) is 7.23. The van der Waals surface area contributed by atoms with Gasteiger partial charge >= 0.3 is 0 Å². The Morgan fingerprint density at radius 2 is 0.675 bits per heavy atom. The summed E-state index contributed by atoms with van der Waals surface area (Å²) in [5.41, 5.74) is 0. The first-order valence-corrected chi connectivity index (χ1v) is 16.7. The van der Waals surface area contributed by atoms with Crippen molar-refractivity contribution in [3.63, 3.8) is 0 Å². The molecule has 0 spiro atoms. The average Bonchev–Trinajstić information content (AvgIpc) is 3.56. The Labute approximate surface area is 260 Å². The van der Waals surface area contributed by atoms with Gasteiger partial charge < -0.3 is 0 Å². The van der Waals surface area contributed by atoms with Crippen molar-refractivity contribution in [1.82, 2.24) is 0 Å². The zero-order valence-electron chi connectivity index (χ0n) is 20.8. The summed E-state index contributed by atoms with van der Waals surface area (Å²) in [6, 6.07) is 8.21. The molecule has 0 saturated carbocycles. The highest BCUT2D eigenvalue weighted by atomic mass is 32.3. The summed E-state index contributed by atoms with van der Waals surface area (Å²) in [4.78, 5) is 1.86. The fraction of sp³-hybridized carbons (Fsp3) is 0.0667. The van der Waals surface area contributed by atoms with Crippen LogP contribution in [0.3, 0.4) is 0 Å². The second-order valence-corrected chi connectivity index (χ2v) is 15.1. The molecule has 0 unspecified atom stereocenters. The lowest BCUT2D eigenvalue weighted by Crippen LogP contribution is -2.14. The summed E-state index contributed by atoms with van der Waals surface area (Å²) in [5, 5.41) is 36.0. The van der Waals surface area contributed by atoms with Crippen molar-refractivity contribution in [3.8, 4) is 24.3 Å². The third-order valence-corrected chi connectivity index (χ3v) is 12.1. The van der Waals surface area contributed by atoms with Crippen LogP contribution in [0, 0.1) is 45.3 Å². The number of nitrogens with zero attached hydrogens (tertiary/aromatic N) is 4. The second kappa shape index (κ2) is 18.3. The average molecular weight is 629 g/mol. The Bertz CT molecular complexity index is 1330. The number of hydrogen-bond acceptors (Lipinski definition) is 10. The summed E-state index contributed by atoms with van der Waals surface area (Å²) < 4.78 is 2.78. The van der Waals surface area contributed by atoms with E-state index < -0.39 is 0 Å². The number of hydrogen-bond donors (Lipinski definition) is 0. The highest BCUT2D eigenvalue weighted by molar-refractivity contribution is 8.34. The standard InChI is InChI=1S/C30H20N4S6/c31-19-23-24(20-32)36-27(35-23)15-11-7-3-1-5-9-13-17-29-39-30(40-29)18-14-10-6-2-4-8-12-16-28-37-25(21-33)26(22-34)38-28/h1-18,29-30H/b3-1+,4-2+,9-5+,10-6+,11-7+,12-8+,17-13+,18-14+. The topological polar surface area (TPSA) is 95.2 Å². The van der Waals surface area contributed by atoms with Crippen LogP contribution in [0.4, 0.5) is 0 Å². The predicted octanol–water partition coefficient (Wildman–Crippen LogP) is 9.73. The van der Waals surface area contributed by atoms with Gasteiger partial charge in [-0.05, 0) is 12.2 Å². The highest BCUT2D eigenvalue weighted by Gasteiger charge is 2.25. The molecular formula is C30H20N4S6. The lowest BCUT2D eigenvalue weighted by Gasteiger charge is -2.29. The van der Waals surface area contributed by atoms with Crippen molar-refractivity contribution in [1.29, 1.82) is 21.0 Å². The van der Waals surface area contributed by atoms with Gasteiger partial charge in [-0.1, -0.05) is 144 Å². The Balaban J connectivity index is 1.25. The van der Waals surface area contributed by atoms with Crippen molar-refractivity contribution >= 4 is 70.6 Å². The third kappa shape index (κ3) is 10.8. The van der Waals surface area contributed by atoms with Gasteiger partial charge in [-0.25, -0.2) is 0 Å². The lowest BCUT2D eigenvalue weighted by atomic mass is 10.4. The van der Waals surface area contributed by atoms with Crippen LogP contribution in [0.2, 0.25) is 0 Å². The Kier molecular flexibility index (Phi) is 14.4. The minimum atomic E-state index is 0.462. The zero-order valence-corrected chi connectivity index (χ0v) is 25.7. The van der Waals surface area contributed by atoms with Crippen molar-refractivity contribution in [3.05, 3.63) is 137 Å². The molecule has 40 heavy (non-hydrogen) atoms. The minimum Gasteiger partial charge on any atom is -0.192 e. The van der Waals surface area contributed by atoms with Crippen molar-refractivity contribution in [2.24, 2.45) is 0 Å². The van der Waals surface area contributed by atoms with Gasteiger partial charge in [0.1, 0.15) is 43.9 Å². The van der Waals surface area contributed by atoms with Crippen LogP contribution in [0.15, 0.2) is 137 Å². The number of allylic oxidation sites excluding steroid dienone is 20. The summed E-state index contributed by atoms with van der Waals surface area (Å²) in [7, 11) is 0. The van der Waals surface area contributed by atoms with Gasteiger partial charge in [0.15, 0.2) is 0 Å². The molecule has 3 aliphatic rings.